The van der Waals surface area contributed by atoms with Gasteiger partial charge in [-0.05, 0) is 17.7 Å². The van der Waals surface area contributed by atoms with E-state index in [2.05, 4.69) is 4.74 Å². The Hall–Kier alpha value is -2.59. The molecule has 0 amide bonds. The number of esters is 1. The summed E-state index contributed by atoms with van der Waals surface area (Å²) in [5, 5.41) is 17.6. The Kier molecular flexibility index (Phi) is 3.83. The molecule has 16 heavy (non-hydrogen) atoms. The van der Waals surface area contributed by atoms with Crippen LogP contribution in [0.25, 0.3) is 6.08 Å². The topological polar surface area (TPSA) is 73.9 Å². The van der Waals surface area contributed by atoms with Gasteiger partial charge in [0.1, 0.15) is 11.6 Å². The van der Waals surface area contributed by atoms with Crippen molar-refractivity contribution in [3.05, 3.63) is 41.0 Å². The largest absolute Gasteiger partial charge is 0.465 e. The van der Waals surface area contributed by atoms with Gasteiger partial charge in [0, 0.05) is 0 Å². The van der Waals surface area contributed by atoms with E-state index < -0.39 is 5.97 Å². The van der Waals surface area contributed by atoms with Crippen molar-refractivity contribution in [2.24, 2.45) is 0 Å². The summed E-state index contributed by atoms with van der Waals surface area (Å²) in [6, 6.07) is 10.4. The summed E-state index contributed by atoms with van der Waals surface area (Å²) in [5.41, 5.74) is 0.788. The average molecular weight is 212 g/mol. The molecule has 0 aliphatic rings. The number of benzene rings is 1. The lowest BCUT2D eigenvalue weighted by Gasteiger charge is -1.98. The maximum atomic E-state index is 11.2. The molecule has 0 bridgehead atoms. The number of rotatable bonds is 2. The van der Waals surface area contributed by atoms with Gasteiger partial charge in [-0.3, -0.25) is 0 Å². The van der Waals surface area contributed by atoms with E-state index in [9.17, 15) is 4.79 Å². The molecular weight excluding hydrogens is 204 g/mol. The number of hydrogen-bond donors (Lipinski definition) is 0. The highest BCUT2D eigenvalue weighted by Crippen LogP contribution is 2.12. The third-order valence-electron chi connectivity index (χ3n) is 1.91. The number of nitrogens with zero attached hydrogens (tertiary/aromatic N) is 2. The summed E-state index contributed by atoms with van der Waals surface area (Å²) >= 11 is 0. The number of nitriles is 2. The maximum Gasteiger partial charge on any atom is 0.348 e. The molecule has 4 heteroatoms. The van der Waals surface area contributed by atoms with Crippen LogP contribution in [0.4, 0.5) is 0 Å². The molecule has 0 radical (unpaired) electrons. The van der Waals surface area contributed by atoms with E-state index >= 15 is 0 Å². The first-order valence-electron chi connectivity index (χ1n) is 4.42. The van der Waals surface area contributed by atoms with Gasteiger partial charge in [0.25, 0.3) is 0 Å². The van der Waals surface area contributed by atoms with Crippen LogP contribution >= 0.6 is 0 Å². The van der Waals surface area contributed by atoms with Gasteiger partial charge in [-0.25, -0.2) is 4.79 Å². The smallest absolute Gasteiger partial charge is 0.348 e. The lowest BCUT2D eigenvalue weighted by Crippen LogP contribution is -2.02. The van der Waals surface area contributed by atoms with Crippen molar-refractivity contribution < 1.29 is 9.53 Å². The van der Waals surface area contributed by atoms with Crippen LogP contribution in [0, 0.1) is 22.7 Å². The van der Waals surface area contributed by atoms with E-state index in [0.29, 0.717) is 11.1 Å². The van der Waals surface area contributed by atoms with Crippen LogP contribution in [0.3, 0.4) is 0 Å². The van der Waals surface area contributed by atoms with Crippen LogP contribution < -0.4 is 0 Å². The predicted molar refractivity (Wildman–Crippen MR) is 56.8 cm³/mol. The van der Waals surface area contributed by atoms with Crippen LogP contribution in [0.1, 0.15) is 11.1 Å². The number of carbonyl (C=O) groups excluding carboxylic acids is 1. The van der Waals surface area contributed by atoms with Crippen molar-refractivity contribution in [3.8, 4) is 12.1 Å². The minimum absolute atomic E-state index is 0.134. The number of hydrogen-bond acceptors (Lipinski definition) is 4. The molecule has 0 aliphatic heterocycles. The summed E-state index contributed by atoms with van der Waals surface area (Å²) in [4.78, 5) is 11.2. The van der Waals surface area contributed by atoms with Crippen LogP contribution in [0.15, 0.2) is 29.8 Å². The zero-order valence-corrected chi connectivity index (χ0v) is 8.60. The van der Waals surface area contributed by atoms with Gasteiger partial charge >= 0.3 is 5.97 Å². The van der Waals surface area contributed by atoms with E-state index in [1.165, 1.54) is 13.2 Å². The molecule has 0 fully saturated rings. The van der Waals surface area contributed by atoms with Crippen molar-refractivity contribution in [2.75, 3.05) is 7.11 Å². The fourth-order valence-electron chi connectivity index (χ4n) is 1.13. The molecule has 0 saturated heterocycles. The third-order valence-corrected chi connectivity index (χ3v) is 1.91. The van der Waals surface area contributed by atoms with Crippen molar-refractivity contribution in [1.29, 1.82) is 10.5 Å². The van der Waals surface area contributed by atoms with E-state index in [4.69, 9.17) is 10.5 Å². The molecule has 0 unspecified atom stereocenters. The Labute approximate surface area is 93.0 Å². The van der Waals surface area contributed by atoms with Crippen molar-refractivity contribution in [3.63, 3.8) is 0 Å². The number of methoxy groups -OCH3 is 1. The first kappa shape index (κ1) is 11.5. The van der Waals surface area contributed by atoms with Crippen LogP contribution in [0.5, 0.6) is 0 Å². The first-order valence-corrected chi connectivity index (χ1v) is 4.42. The fraction of sp³-hybridized carbons (Fsp3) is 0.0833. The minimum atomic E-state index is -0.713. The van der Waals surface area contributed by atoms with Crippen molar-refractivity contribution in [1.82, 2.24) is 0 Å². The Bertz CT molecular complexity index is 519. The van der Waals surface area contributed by atoms with E-state index in [1.54, 1.807) is 30.3 Å². The zero-order chi connectivity index (χ0) is 12.0. The molecule has 0 atom stereocenters. The second-order valence-corrected chi connectivity index (χ2v) is 2.86. The second kappa shape index (κ2) is 5.33. The molecule has 0 aromatic heterocycles. The zero-order valence-electron chi connectivity index (χ0n) is 8.60. The minimum Gasteiger partial charge on any atom is -0.465 e. The molecule has 0 aliphatic carbocycles. The number of ether oxygens (including phenoxy) is 1. The summed E-state index contributed by atoms with van der Waals surface area (Å²) in [6.07, 6.45) is 1.34. The Morgan fingerprint density at radius 1 is 1.38 bits per heavy atom. The lowest BCUT2D eigenvalue weighted by molar-refractivity contribution is -0.135. The molecule has 0 N–H and O–H groups in total. The van der Waals surface area contributed by atoms with Gasteiger partial charge in [0.15, 0.2) is 0 Å². The maximum absolute atomic E-state index is 11.2. The van der Waals surface area contributed by atoms with Gasteiger partial charge < -0.3 is 4.74 Å². The molecule has 0 spiro atoms. The highest BCUT2D eigenvalue weighted by Gasteiger charge is 2.09. The predicted octanol–water partition coefficient (Wildman–Crippen LogP) is 1.64. The normalized spacial score (nSPS) is 10.1. The Morgan fingerprint density at radius 2 is 2.06 bits per heavy atom. The average Bonchev–Trinajstić information content (AvgIpc) is 2.35. The summed E-state index contributed by atoms with van der Waals surface area (Å²) in [6.45, 7) is 0. The second-order valence-electron chi connectivity index (χ2n) is 2.86. The summed E-state index contributed by atoms with van der Waals surface area (Å²) < 4.78 is 4.44. The molecule has 4 nitrogen and oxygen atoms in total. The van der Waals surface area contributed by atoms with E-state index in [1.807, 2.05) is 6.07 Å². The lowest BCUT2D eigenvalue weighted by atomic mass is 10.1. The standard InChI is InChI=1S/C12H8N2O2/c1-16-12(15)11(8-14)6-9-4-2-3-5-10(9)7-13/h2-6H,1H3/b11-6+. The third kappa shape index (κ3) is 2.46. The molecule has 78 valence electrons. The Balaban J connectivity index is 3.21. The highest BCUT2D eigenvalue weighted by atomic mass is 16.5. The van der Waals surface area contributed by atoms with Crippen LogP contribution in [0.2, 0.25) is 0 Å². The van der Waals surface area contributed by atoms with Gasteiger partial charge in [-0.1, -0.05) is 18.2 Å². The van der Waals surface area contributed by atoms with Gasteiger partial charge in [0.05, 0.1) is 18.7 Å². The summed E-state index contributed by atoms with van der Waals surface area (Å²) in [5.74, 6) is -0.713. The van der Waals surface area contributed by atoms with Gasteiger partial charge in [-0.2, -0.15) is 10.5 Å². The monoisotopic (exact) mass is 212 g/mol. The van der Waals surface area contributed by atoms with Crippen LogP contribution in [-0.4, -0.2) is 13.1 Å². The molecule has 0 saturated carbocycles. The van der Waals surface area contributed by atoms with Gasteiger partial charge in [-0.15, -0.1) is 0 Å². The molecular formula is C12H8N2O2. The first-order chi connectivity index (χ1) is 7.72. The van der Waals surface area contributed by atoms with Crippen molar-refractivity contribution in [2.45, 2.75) is 0 Å². The molecule has 0 heterocycles. The molecule has 1 aromatic carbocycles. The Morgan fingerprint density at radius 3 is 2.62 bits per heavy atom. The summed E-state index contributed by atoms with van der Waals surface area (Å²) in [7, 11) is 1.20. The molecule has 1 aromatic rings. The molecule has 1 rings (SSSR count). The fourth-order valence-corrected chi connectivity index (χ4v) is 1.13. The van der Waals surface area contributed by atoms with E-state index in [-0.39, 0.29) is 5.57 Å². The SMILES string of the molecule is COC(=O)/C(C#N)=C/c1ccccc1C#N. The quantitative estimate of drug-likeness (QED) is 0.424. The van der Waals surface area contributed by atoms with Crippen LogP contribution in [-0.2, 0) is 9.53 Å². The highest BCUT2D eigenvalue weighted by molar-refractivity contribution is 5.98. The van der Waals surface area contributed by atoms with Crippen molar-refractivity contribution >= 4 is 12.0 Å². The van der Waals surface area contributed by atoms with Gasteiger partial charge in [0.2, 0.25) is 0 Å². The number of carbonyl (C=O) groups is 1. The van der Waals surface area contributed by atoms with E-state index in [0.717, 1.165) is 0 Å².